The highest BCUT2D eigenvalue weighted by Gasteiger charge is 1.99. The number of carboxylic acids is 2. The molecule has 0 unspecified atom stereocenters. The van der Waals surface area contributed by atoms with Gasteiger partial charge in [-0.25, -0.2) is 0 Å². The lowest BCUT2D eigenvalue weighted by Gasteiger charge is -2.03. The van der Waals surface area contributed by atoms with Crippen LogP contribution < -0.4 is 0 Å². The van der Waals surface area contributed by atoms with Crippen LogP contribution in [0, 0.1) is 0 Å². The molecule has 8 N–H and O–H groups in total. The number of hydrogen-bond donors (Lipinski definition) is 8. The third-order valence-corrected chi connectivity index (χ3v) is 8.83. The normalized spacial score (nSPS) is 10.3. The minimum atomic E-state index is -0.954. The second-order valence-electron chi connectivity index (χ2n) is 14.2. The Hall–Kier alpha value is -1.56. The zero-order valence-electron chi connectivity index (χ0n) is 35.4. The number of aliphatic hydroxyl groups excluding tert-OH is 6. The molecule has 0 aliphatic rings. The molecule has 0 aromatic carbocycles. The molecule has 0 aromatic rings. The van der Waals surface area contributed by atoms with Gasteiger partial charge < -0.3 is 40.9 Å². The van der Waals surface area contributed by atoms with Crippen LogP contribution in [0.2, 0.25) is 0 Å². The summed E-state index contributed by atoms with van der Waals surface area (Å²) in [6, 6.07) is 0. The number of unbranched alkanes of at least 4 members (excludes halogenated alkanes) is 28. The first kappa shape index (κ1) is 61.7. The number of carbonyl (C=O) groups is 2. The molecule has 0 aromatic heterocycles. The molecule has 0 atom stereocenters. The van der Waals surface area contributed by atoms with E-state index in [4.69, 9.17) is 40.9 Å². The van der Waals surface area contributed by atoms with E-state index in [-0.39, 0.29) is 26.4 Å². The standard InChI is InChI=1S/2C18H36O2.2C3H8O3.C2H4/c2*1-2-3-4-5-6-7-8-9-10-11-12-13-14-15-16-17-18(19)20;2*4-1-3(6)2-5;1-2/h2*2-17H2,1H3,(H,19,20);2*3-6H,1-2H2;1-2H2. The van der Waals surface area contributed by atoms with Crippen LogP contribution in [0.3, 0.4) is 0 Å². The minimum Gasteiger partial charge on any atom is -0.481 e. The second-order valence-corrected chi connectivity index (χ2v) is 14.2. The first-order valence-corrected chi connectivity index (χ1v) is 21.9. The largest absolute Gasteiger partial charge is 0.481 e. The van der Waals surface area contributed by atoms with Crippen molar-refractivity contribution in [1.29, 1.82) is 0 Å². The fourth-order valence-corrected chi connectivity index (χ4v) is 5.41. The molecule has 10 nitrogen and oxygen atoms in total. The Kier molecular flexibility index (Phi) is 69.3. The molecule has 328 valence electrons. The monoisotopic (exact) mass is 781 g/mol. The molecule has 0 heterocycles. The lowest BCUT2D eigenvalue weighted by molar-refractivity contribution is -0.138. The van der Waals surface area contributed by atoms with E-state index in [1.54, 1.807) is 0 Å². The van der Waals surface area contributed by atoms with E-state index < -0.39 is 24.1 Å². The Labute approximate surface area is 332 Å². The Morgan fingerprint density at radius 3 is 0.611 bits per heavy atom. The zero-order valence-corrected chi connectivity index (χ0v) is 35.4. The van der Waals surface area contributed by atoms with Crippen LogP contribution >= 0.6 is 0 Å². The second kappa shape index (κ2) is 60.7. The third-order valence-electron chi connectivity index (χ3n) is 8.83. The molecule has 0 amide bonds. The molecule has 0 aliphatic carbocycles. The number of aliphatic hydroxyl groups is 6. The maximum atomic E-state index is 10.3. The van der Waals surface area contributed by atoms with Crippen molar-refractivity contribution in [1.82, 2.24) is 0 Å². The van der Waals surface area contributed by atoms with E-state index in [1.807, 2.05) is 0 Å². The summed E-state index contributed by atoms with van der Waals surface area (Å²) in [7, 11) is 0. The van der Waals surface area contributed by atoms with Crippen molar-refractivity contribution in [3.8, 4) is 0 Å². The molecule has 0 aliphatic heterocycles. The Morgan fingerprint density at radius 1 is 0.352 bits per heavy atom. The quantitative estimate of drug-likeness (QED) is 0.0224. The summed E-state index contributed by atoms with van der Waals surface area (Å²) in [5, 5.41) is 65.1. The van der Waals surface area contributed by atoms with Crippen molar-refractivity contribution in [3.63, 3.8) is 0 Å². The van der Waals surface area contributed by atoms with Crippen LogP contribution in [0.4, 0.5) is 0 Å². The van der Waals surface area contributed by atoms with E-state index >= 15 is 0 Å². The van der Waals surface area contributed by atoms with E-state index in [2.05, 4.69) is 27.0 Å². The highest BCUT2D eigenvalue weighted by atomic mass is 16.4. The molecule has 54 heavy (non-hydrogen) atoms. The molecule has 0 rings (SSSR count). The summed E-state index contributed by atoms with van der Waals surface area (Å²) in [5.74, 6) is -1.31. The summed E-state index contributed by atoms with van der Waals surface area (Å²) >= 11 is 0. The van der Waals surface area contributed by atoms with Crippen LogP contribution in [0.25, 0.3) is 0 Å². The fourth-order valence-electron chi connectivity index (χ4n) is 5.41. The summed E-state index contributed by atoms with van der Waals surface area (Å²) in [5.41, 5.74) is 0. The van der Waals surface area contributed by atoms with Gasteiger partial charge >= 0.3 is 11.9 Å². The SMILES string of the molecule is C=C.CCCCCCCCCCCCCCCCCC(=O)O.CCCCCCCCCCCCCCCCCC(=O)O.OCC(O)CO.OCC(O)CO. The van der Waals surface area contributed by atoms with Crippen molar-refractivity contribution in [2.45, 2.75) is 232 Å². The number of carboxylic acid groups (broad SMARTS) is 2. The number of rotatable bonds is 36. The molecular formula is C44H92O10. The summed E-state index contributed by atoms with van der Waals surface area (Å²) in [6.45, 7) is 9.08. The average Bonchev–Trinajstić information content (AvgIpc) is 3.18. The first-order valence-electron chi connectivity index (χ1n) is 21.9. The molecule has 10 heteroatoms. The van der Waals surface area contributed by atoms with Crippen molar-refractivity contribution >= 4 is 11.9 Å². The highest BCUT2D eigenvalue weighted by Crippen LogP contribution is 2.15. The van der Waals surface area contributed by atoms with Gasteiger partial charge in [0, 0.05) is 12.8 Å². The van der Waals surface area contributed by atoms with E-state index in [0.29, 0.717) is 12.8 Å². The van der Waals surface area contributed by atoms with Gasteiger partial charge in [-0.05, 0) is 12.8 Å². The number of hydrogen-bond acceptors (Lipinski definition) is 8. The topological polar surface area (TPSA) is 196 Å². The molecule has 0 radical (unpaired) electrons. The molecular weight excluding hydrogens is 688 g/mol. The van der Waals surface area contributed by atoms with Crippen LogP contribution in [0.1, 0.15) is 219 Å². The minimum absolute atomic E-state index is 0.345. The van der Waals surface area contributed by atoms with E-state index in [1.165, 1.54) is 167 Å². The predicted octanol–water partition coefficient (Wildman–Crippen LogP) is 10.1. The first-order chi connectivity index (χ1) is 26.2. The van der Waals surface area contributed by atoms with Gasteiger partial charge in [0.25, 0.3) is 0 Å². The smallest absolute Gasteiger partial charge is 0.303 e. The average molecular weight is 781 g/mol. The maximum absolute atomic E-state index is 10.3. The predicted molar refractivity (Wildman–Crippen MR) is 226 cm³/mol. The van der Waals surface area contributed by atoms with Crippen molar-refractivity contribution < 1.29 is 50.4 Å². The lowest BCUT2D eigenvalue weighted by atomic mass is 10.0. The Morgan fingerprint density at radius 2 is 0.500 bits per heavy atom. The summed E-state index contributed by atoms with van der Waals surface area (Å²) < 4.78 is 0. The van der Waals surface area contributed by atoms with Crippen LogP contribution in [-0.4, -0.2) is 91.4 Å². The Bertz CT molecular complexity index is 603. The number of aliphatic carboxylic acids is 2. The lowest BCUT2D eigenvalue weighted by Crippen LogP contribution is -2.15. The van der Waals surface area contributed by atoms with Gasteiger partial charge in [0.2, 0.25) is 0 Å². The van der Waals surface area contributed by atoms with Gasteiger partial charge in [0.15, 0.2) is 0 Å². The third kappa shape index (κ3) is 75.4. The van der Waals surface area contributed by atoms with Crippen molar-refractivity contribution in [2.75, 3.05) is 26.4 Å². The van der Waals surface area contributed by atoms with E-state index in [9.17, 15) is 9.59 Å². The van der Waals surface area contributed by atoms with Crippen molar-refractivity contribution in [2.24, 2.45) is 0 Å². The van der Waals surface area contributed by atoms with Gasteiger partial charge in [0.1, 0.15) is 12.2 Å². The maximum Gasteiger partial charge on any atom is 0.303 e. The van der Waals surface area contributed by atoms with Crippen LogP contribution in [0.5, 0.6) is 0 Å². The Balaban J connectivity index is -0.000000220. The molecule has 0 saturated carbocycles. The van der Waals surface area contributed by atoms with Crippen LogP contribution in [0.15, 0.2) is 13.2 Å². The van der Waals surface area contributed by atoms with Crippen molar-refractivity contribution in [3.05, 3.63) is 13.2 Å². The molecule has 0 saturated heterocycles. The van der Waals surface area contributed by atoms with Gasteiger partial charge in [-0.2, -0.15) is 0 Å². The fraction of sp³-hybridized carbons (Fsp3) is 0.909. The molecule has 0 fully saturated rings. The van der Waals surface area contributed by atoms with Gasteiger partial charge in [-0.3, -0.25) is 9.59 Å². The highest BCUT2D eigenvalue weighted by molar-refractivity contribution is 5.66. The van der Waals surface area contributed by atoms with E-state index in [0.717, 1.165) is 25.7 Å². The van der Waals surface area contributed by atoms with Gasteiger partial charge in [-0.1, -0.05) is 194 Å². The summed E-state index contributed by atoms with van der Waals surface area (Å²) in [4.78, 5) is 20.7. The van der Waals surface area contributed by atoms with Crippen LogP contribution in [-0.2, 0) is 9.59 Å². The van der Waals surface area contributed by atoms with Gasteiger partial charge in [0.05, 0.1) is 26.4 Å². The zero-order chi connectivity index (χ0) is 41.8. The molecule has 0 bridgehead atoms. The summed E-state index contributed by atoms with van der Waals surface area (Å²) in [6.07, 6.45) is 38.5. The van der Waals surface area contributed by atoms with Gasteiger partial charge in [-0.15, -0.1) is 13.2 Å². The molecule has 0 spiro atoms.